The van der Waals surface area contributed by atoms with Crippen molar-refractivity contribution in [1.82, 2.24) is 4.90 Å². The molecule has 32 heavy (non-hydrogen) atoms. The number of unbranched alkanes of at least 4 members (excludes halogenated alkanes) is 19. The zero-order valence-corrected chi connectivity index (χ0v) is 22.8. The third-order valence-corrected chi connectivity index (χ3v) is 6.43. The molecule has 0 aromatic carbocycles. The van der Waals surface area contributed by atoms with Crippen molar-refractivity contribution >= 4 is 5.97 Å². The van der Waals surface area contributed by atoms with Crippen LogP contribution in [0.3, 0.4) is 0 Å². The molecule has 0 rings (SSSR count). The van der Waals surface area contributed by atoms with Gasteiger partial charge in [-0.25, -0.2) is 0 Å². The minimum Gasteiger partial charge on any atom is -0.481 e. The first-order chi connectivity index (χ1) is 15.6. The van der Waals surface area contributed by atoms with Crippen molar-refractivity contribution in [2.45, 2.75) is 162 Å². The molecule has 0 amide bonds. The Labute approximate surface area is 203 Å². The van der Waals surface area contributed by atoms with Crippen LogP contribution in [-0.4, -0.2) is 36.1 Å². The maximum atomic E-state index is 10.3. The van der Waals surface area contributed by atoms with Gasteiger partial charge >= 0.3 is 5.97 Å². The summed E-state index contributed by atoms with van der Waals surface area (Å²) in [5, 5.41) is 8.52. The summed E-state index contributed by atoms with van der Waals surface area (Å²) in [4.78, 5) is 12.7. The SMILES string of the molecule is CCCCCCCCCCCCCCCCCC(=O)O.CCCCCCCCN(C)CC. The summed E-state index contributed by atoms with van der Waals surface area (Å²) in [6.07, 6.45) is 28.7. The fourth-order valence-electron chi connectivity index (χ4n) is 3.97. The zero-order chi connectivity index (χ0) is 24.1. The lowest BCUT2D eigenvalue weighted by molar-refractivity contribution is -0.137. The average molecular weight is 456 g/mol. The van der Waals surface area contributed by atoms with E-state index in [4.69, 9.17) is 5.11 Å². The molecule has 0 aromatic rings. The highest BCUT2D eigenvalue weighted by molar-refractivity contribution is 5.66. The Balaban J connectivity index is 0. The van der Waals surface area contributed by atoms with Crippen LogP contribution in [0.25, 0.3) is 0 Å². The van der Waals surface area contributed by atoms with Gasteiger partial charge in [0.2, 0.25) is 0 Å². The van der Waals surface area contributed by atoms with E-state index in [0.717, 1.165) is 12.8 Å². The summed E-state index contributed by atoms with van der Waals surface area (Å²) >= 11 is 0. The molecule has 0 bridgehead atoms. The monoisotopic (exact) mass is 455 g/mol. The molecule has 0 saturated heterocycles. The number of hydrogen-bond acceptors (Lipinski definition) is 2. The Morgan fingerprint density at radius 3 is 1.16 bits per heavy atom. The van der Waals surface area contributed by atoms with Crippen molar-refractivity contribution in [2.24, 2.45) is 0 Å². The second-order valence-corrected chi connectivity index (χ2v) is 9.76. The highest BCUT2D eigenvalue weighted by Gasteiger charge is 1.97. The van der Waals surface area contributed by atoms with Gasteiger partial charge in [-0.2, -0.15) is 0 Å². The lowest BCUT2D eigenvalue weighted by Crippen LogP contribution is -2.18. The van der Waals surface area contributed by atoms with Gasteiger partial charge in [-0.1, -0.05) is 143 Å². The van der Waals surface area contributed by atoms with Gasteiger partial charge in [-0.3, -0.25) is 4.79 Å². The molecule has 3 heteroatoms. The topological polar surface area (TPSA) is 40.5 Å². The molecule has 0 unspecified atom stereocenters. The number of carbonyl (C=O) groups is 1. The average Bonchev–Trinajstić information content (AvgIpc) is 2.78. The van der Waals surface area contributed by atoms with E-state index in [1.807, 2.05) is 0 Å². The first-order valence-corrected chi connectivity index (χ1v) is 14.5. The van der Waals surface area contributed by atoms with Crippen LogP contribution in [0.2, 0.25) is 0 Å². The normalized spacial score (nSPS) is 10.9. The van der Waals surface area contributed by atoms with E-state index in [9.17, 15) is 4.79 Å². The van der Waals surface area contributed by atoms with E-state index in [1.165, 1.54) is 135 Å². The number of carboxylic acids is 1. The Morgan fingerprint density at radius 1 is 0.531 bits per heavy atom. The molecular weight excluding hydrogens is 394 g/mol. The maximum absolute atomic E-state index is 10.3. The molecule has 0 aliphatic heterocycles. The van der Waals surface area contributed by atoms with Gasteiger partial charge in [0, 0.05) is 6.42 Å². The number of nitrogens with zero attached hydrogens (tertiary/aromatic N) is 1. The third-order valence-electron chi connectivity index (χ3n) is 6.43. The van der Waals surface area contributed by atoms with E-state index in [1.54, 1.807) is 0 Å². The molecule has 194 valence electrons. The van der Waals surface area contributed by atoms with E-state index in [-0.39, 0.29) is 0 Å². The highest BCUT2D eigenvalue weighted by atomic mass is 16.4. The number of hydrogen-bond donors (Lipinski definition) is 1. The van der Waals surface area contributed by atoms with E-state index < -0.39 is 5.97 Å². The van der Waals surface area contributed by atoms with Crippen LogP contribution in [-0.2, 0) is 4.79 Å². The van der Waals surface area contributed by atoms with Gasteiger partial charge < -0.3 is 10.0 Å². The van der Waals surface area contributed by atoms with Crippen molar-refractivity contribution < 1.29 is 9.90 Å². The van der Waals surface area contributed by atoms with Crippen LogP contribution in [0.1, 0.15) is 162 Å². The number of aliphatic carboxylic acids is 1. The van der Waals surface area contributed by atoms with Crippen molar-refractivity contribution in [3.05, 3.63) is 0 Å². The summed E-state index contributed by atoms with van der Waals surface area (Å²) in [6, 6.07) is 0. The third kappa shape index (κ3) is 34.1. The van der Waals surface area contributed by atoms with Gasteiger partial charge in [0.25, 0.3) is 0 Å². The molecular formula is C29H61NO2. The van der Waals surface area contributed by atoms with Crippen LogP contribution >= 0.6 is 0 Å². The zero-order valence-electron chi connectivity index (χ0n) is 22.8. The predicted molar refractivity (Wildman–Crippen MR) is 144 cm³/mol. The summed E-state index contributed by atoms with van der Waals surface area (Å²) in [6.45, 7) is 9.23. The molecule has 0 aliphatic carbocycles. The standard InChI is InChI=1S/C18H36O2.C11H25N/c1-2-3-4-5-6-7-8-9-10-11-12-13-14-15-16-17-18(19)20;1-4-6-7-8-9-10-11-12(3)5-2/h2-17H2,1H3,(H,19,20);4-11H2,1-3H3. The molecule has 3 nitrogen and oxygen atoms in total. The smallest absolute Gasteiger partial charge is 0.303 e. The summed E-state index contributed by atoms with van der Waals surface area (Å²) in [5.74, 6) is -0.653. The Bertz CT molecular complexity index is 346. The van der Waals surface area contributed by atoms with Gasteiger partial charge in [0.05, 0.1) is 0 Å². The minimum atomic E-state index is -0.653. The molecule has 0 radical (unpaired) electrons. The lowest BCUT2D eigenvalue weighted by atomic mass is 10.0. The van der Waals surface area contributed by atoms with Crippen LogP contribution < -0.4 is 0 Å². The maximum Gasteiger partial charge on any atom is 0.303 e. The van der Waals surface area contributed by atoms with Crippen LogP contribution in [0.15, 0.2) is 0 Å². The lowest BCUT2D eigenvalue weighted by Gasteiger charge is -2.12. The van der Waals surface area contributed by atoms with Crippen molar-refractivity contribution in [1.29, 1.82) is 0 Å². The van der Waals surface area contributed by atoms with Gasteiger partial charge in [0.1, 0.15) is 0 Å². The molecule has 0 spiro atoms. The van der Waals surface area contributed by atoms with Crippen molar-refractivity contribution in [3.8, 4) is 0 Å². The number of rotatable bonds is 24. The minimum absolute atomic E-state index is 0.345. The van der Waals surface area contributed by atoms with Gasteiger partial charge in [-0.05, 0) is 33.0 Å². The number of carboxylic acid groups (broad SMARTS) is 1. The first kappa shape index (κ1) is 33.6. The summed E-state index contributed by atoms with van der Waals surface area (Å²) in [5.41, 5.74) is 0. The van der Waals surface area contributed by atoms with Crippen molar-refractivity contribution in [2.75, 3.05) is 20.1 Å². The summed E-state index contributed by atoms with van der Waals surface area (Å²) in [7, 11) is 2.20. The van der Waals surface area contributed by atoms with Gasteiger partial charge in [0.15, 0.2) is 0 Å². The van der Waals surface area contributed by atoms with E-state index in [0.29, 0.717) is 6.42 Å². The second kappa shape index (κ2) is 30.4. The Morgan fingerprint density at radius 2 is 0.844 bits per heavy atom. The predicted octanol–water partition coefficient (Wildman–Crippen LogP) is 9.63. The molecule has 0 fully saturated rings. The Kier molecular flexibility index (Phi) is 32.0. The second-order valence-electron chi connectivity index (χ2n) is 9.76. The molecule has 0 atom stereocenters. The quantitative estimate of drug-likeness (QED) is 0.147. The van der Waals surface area contributed by atoms with Gasteiger partial charge in [-0.15, -0.1) is 0 Å². The fourth-order valence-corrected chi connectivity index (χ4v) is 3.97. The molecule has 0 aromatic heterocycles. The Hall–Kier alpha value is -0.570. The molecule has 0 heterocycles. The van der Waals surface area contributed by atoms with Crippen molar-refractivity contribution in [3.63, 3.8) is 0 Å². The van der Waals surface area contributed by atoms with Crippen LogP contribution in [0, 0.1) is 0 Å². The first-order valence-electron chi connectivity index (χ1n) is 14.5. The molecule has 0 aliphatic rings. The van der Waals surface area contributed by atoms with Crippen LogP contribution in [0.5, 0.6) is 0 Å². The highest BCUT2D eigenvalue weighted by Crippen LogP contribution is 2.13. The van der Waals surface area contributed by atoms with E-state index >= 15 is 0 Å². The fraction of sp³-hybridized carbons (Fsp3) is 0.966. The molecule has 1 N–H and O–H groups in total. The van der Waals surface area contributed by atoms with E-state index in [2.05, 4.69) is 32.7 Å². The molecule has 0 saturated carbocycles. The van der Waals surface area contributed by atoms with Crippen LogP contribution in [0.4, 0.5) is 0 Å². The summed E-state index contributed by atoms with van der Waals surface area (Å²) < 4.78 is 0. The largest absolute Gasteiger partial charge is 0.481 e.